The first kappa shape index (κ1) is 27.1. The van der Waals surface area contributed by atoms with Crippen LogP contribution in [0.1, 0.15) is 21.7 Å². The molecule has 1 amide bonds. The van der Waals surface area contributed by atoms with Gasteiger partial charge in [0.15, 0.2) is 11.6 Å². The molecule has 0 unspecified atom stereocenters. The molecule has 0 spiro atoms. The molecule has 2 aromatic carbocycles. The summed E-state index contributed by atoms with van der Waals surface area (Å²) in [7, 11) is 1.83. The van der Waals surface area contributed by atoms with Crippen LogP contribution in [0.3, 0.4) is 0 Å². The van der Waals surface area contributed by atoms with E-state index in [2.05, 4.69) is 15.3 Å². The van der Waals surface area contributed by atoms with Gasteiger partial charge in [-0.15, -0.1) is 0 Å². The molecule has 0 bridgehead atoms. The fraction of sp³-hybridized carbons (Fsp3) is 0.100. The van der Waals surface area contributed by atoms with Crippen molar-refractivity contribution in [1.82, 2.24) is 19.1 Å². The lowest BCUT2D eigenvalue weighted by Gasteiger charge is -2.14. The molecule has 0 saturated heterocycles. The van der Waals surface area contributed by atoms with Crippen LogP contribution in [0.5, 0.6) is 11.5 Å². The maximum absolute atomic E-state index is 15.1. The third kappa shape index (κ3) is 5.78. The quantitative estimate of drug-likeness (QED) is 0.247. The highest BCUT2D eigenvalue weighted by Crippen LogP contribution is 2.31. The van der Waals surface area contributed by atoms with Gasteiger partial charge in [-0.2, -0.15) is 0 Å². The molecule has 5 aromatic rings. The van der Waals surface area contributed by atoms with E-state index >= 15 is 4.39 Å². The molecule has 0 aliphatic heterocycles. The first-order chi connectivity index (χ1) is 19.7. The van der Waals surface area contributed by atoms with Crippen LogP contribution in [0.15, 0.2) is 84.2 Å². The Hall–Kier alpha value is -5.45. The molecular formula is C30H24F2N6O3. The topological polar surface area (TPSA) is 115 Å². The first-order valence-corrected chi connectivity index (χ1v) is 12.5. The smallest absolute Gasteiger partial charge is 0.268 e. The Kier molecular flexibility index (Phi) is 7.51. The van der Waals surface area contributed by atoms with Crippen LogP contribution in [0, 0.1) is 24.0 Å². The minimum Gasteiger partial charge on any atom is -0.452 e. The summed E-state index contributed by atoms with van der Waals surface area (Å²) in [4.78, 5) is 34.8. The lowest BCUT2D eigenvalue weighted by atomic mass is 10.1. The summed E-state index contributed by atoms with van der Waals surface area (Å²) in [6.07, 6.45) is 6.40. The average molecular weight is 555 g/mol. The number of carbonyl (C=O) groups excluding carboxylic acids is 1. The van der Waals surface area contributed by atoms with Crippen molar-refractivity contribution < 1.29 is 18.3 Å². The number of aromatic nitrogens is 4. The van der Waals surface area contributed by atoms with E-state index in [0.717, 1.165) is 6.07 Å². The summed E-state index contributed by atoms with van der Waals surface area (Å²) in [5.74, 6) is -1.82. The van der Waals surface area contributed by atoms with Gasteiger partial charge in [0.1, 0.15) is 17.1 Å². The molecule has 206 valence electrons. The second-order valence-electron chi connectivity index (χ2n) is 9.21. The Bertz CT molecular complexity index is 1830. The second-order valence-corrected chi connectivity index (χ2v) is 9.21. The molecule has 0 aliphatic rings. The maximum atomic E-state index is 15.1. The Morgan fingerprint density at radius 3 is 2.51 bits per heavy atom. The second kappa shape index (κ2) is 11.3. The number of nitrogens with zero attached hydrogens (tertiary/aromatic N) is 4. The van der Waals surface area contributed by atoms with Crippen LogP contribution in [-0.2, 0) is 13.5 Å². The van der Waals surface area contributed by atoms with E-state index in [0.29, 0.717) is 28.3 Å². The van der Waals surface area contributed by atoms with Gasteiger partial charge in [0, 0.05) is 60.8 Å². The van der Waals surface area contributed by atoms with Crippen molar-refractivity contribution >= 4 is 17.8 Å². The highest BCUT2D eigenvalue weighted by atomic mass is 19.1. The minimum absolute atomic E-state index is 0.105. The summed E-state index contributed by atoms with van der Waals surface area (Å²) in [5.41, 5.74) is 2.03. The number of benzene rings is 2. The maximum Gasteiger partial charge on any atom is 0.268 e. The third-order valence-electron chi connectivity index (χ3n) is 6.24. The first-order valence-electron chi connectivity index (χ1n) is 12.5. The molecule has 41 heavy (non-hydrogen) atoms. The van der Waals surface area contributed by atoms with Crippen molar-refractivity contribution in [2.75, 3.05) is 5.32 Å². The van der Waals surface area contributed by atoms with Gasteiger partial charge in [0.25, 0.3) is 11.5 Å². The zero-order valence-corrected chi connectivity index (χ0v) is 22.1. The van der Waals surface area contributed by atoms with Crippen LogP contribution < -0.4 is 15.6 Å². The van der Waals surface area contributed by atoms with Crippen LogP contribution >= 0.6 is 0 Å². The molecule has 5 rings (SSSR count). The lowest BCUT2D eigenvalue weighted by Crippen LogP contribution is -2.29. The summed E-state index contributed by atoms with van der Waals surface area (Å²) < 4.78 is 37.4. The van der Waals surface area contributed by atoms with E-state index in [1.54, 1.807) is 42.3 Å². The van der Waals surface area contributed by atoms with Gasteiger partial charge in [-0.05, 0) is 61.5 Å². The number of hydrogen-bond acceptors (Lipinski definition) is 6. The SMILES string of the molecule is Cc1ccc(C(=O)Nc2ccc(Oc3cc(-c4cn(C)cn4)cnc3CC=N)c(F)c2)c(=O)n1-c1ccc(F)cc1. The van der Waals surface area contributed by atoms with Crippen LogP contribution in [0.25, 0.3) is 16.9 Å². The van der Waals surface area contributed by atoms with Gasteiger partial charge in [0.05, 0.1) is 17.7 Å². The van der Waals surface area contributed by atoms with E-state index in [-0.39, 0.29) is 29.2 Å². The van der Waals surface area contributed by atoms with Crippen molar-refractivity contribution in [2.45, 2.75) is 13.3 Å². The number of hydrogen-bond donors (Lipinski definition) is 2. The molecule has 9 nitrogen and oxygen atoms in total. The van der Waals surface area contributed by atoms with E-state index in [1.165, 1.54) is 53.2 Å². The Morgan fingerprint density at radius 2 is 1.83 bits per heavy atom. The monoisotopic (exact) mass is 554 g/mol. The predicted molar refractivity (Wildman–Crippen MR) is 150 cm³/mol. The molecule has 11 heteroatoms. The van der Waals surface area contributed by atoms with Gasteiger partial charge in [-0.25, -0.2) is 13.8 Å². The molecule has 0 saturated carbocycles. The van der Waals surface area contributed by atoms with Crippen molar-refractivity contribution in [1.29, 1.82) is 5.41 Å². The van der Waals surface area contributed by atoms with Gasteiger partial charge < -0.3 is 20.0 Å². The number of aryl methyl sites for hydroxylation is 2. The number of nitrogens with one attached hydrogen (secondary N) is 2. The summed E-state index contributed by atoms with van der Waals surface area (Å²) in [6.45, 7) is 1.69. The van der Waals surface area contributed by atoms with E-state index < -0.39 is 23.1 Å². The molecule has 0 aliphatic carbocycles. The molecule has 0 radical (unpaired) electrons. The van der Waals surface area contributed by atoms with Crippen molar-refractivity contribution in [3.8, 4) is 28.4 Å². The fourth-order valence-electron chi connectivity index (χ4n) is 4.21. The number of anilines is 1. The number of halogens is 2. The van der Waals surface area contributed by atoms with Gasteiger partial charge >= 0.3 is 0 Å². The van der Waals surface area contributed by atoms with E-state index in [9.17, 15) is 14.0 Å². The van der Waals surface area contributed by atoms with Crippen LogP contribution in [0.4, 0.5) is 14.5 Å². The summed E-state index contributed by atoms with van der Waals surface area (Å²) in [5, 5.41) is 9.99. The average Bonchev–Trinajstić information content (AvgIpc) is 3.38. The number of amides is 1. The Labute approximate surface area is 233 Å². The molecule has 3 aromatic heterocycles. The zero-order valence-electron chi connectivity index (χ0n) is 22.1. The van der Waals surface area contributed by atoms with Crippen molar-refractivity contribution in [3.63, 3.8) is 0 Å². The van der Waals surface area contributed by atoms with Crippen LogP contribution in [0.2, 0.25) is 0 Å². The standard InChI is InChI=1S/C30H24F2N6O3/c1-18-3-9-23(30(40)38(18)22-7-4-20(31)5-8-22)29(39)36-21-6-10-27(24(32)14-21)41-28-13-19(15-34-25(28)11-12-33)26-16-37(2)17-35-26/h3-10,12-17,33H,11H2,1-2H3,(H,36,39). The minimum atomic E-state index is -0.764. The van der Waals surface area contributed by atoms with Crippen molar-refractivity contribution in [2.24, 2.45) is 7.05 Å². The summed E-state index contributed by atoms with van der Waals surface area (Å²) >= 11 is 0. The van der Waals surface area contributed by atoms with Gasteiger partial charge in [-0.3, -0.25) is 19.1 Å². The number of rotatable bonds is 8. The van der Waals surface area contributed by atoms with Gasteiger partial charge in [-0.1, -0.05) is 0 Å². The molecule has 0 atom stereocenters. The van der Waals surface area contributed by atoms with Crippen molar-refractivity contribution in [3.05, 3.63) is 118 Å². The van der Waals surface area contributed by atoms with E-state index in [1.807, 2.05) is 7.05 Å². The number of pyridine rings is 2. The molecule has 0 fully saturated rings. The highest BCUT2D eigenvalue weighted by molar-refractivity contribution is 6.04. The number of carbonyl (C=O) groups is 1. The summed E-state index contributed by atoms with van der Waals surface area (Å²) in [6, 6.07) is 13.8. The number of ether oxygens (including phenoxy) is 1. The normalized spacial score (nSPS) is 10.8. The Balaban J connectivity index is 1.39. The van der Waals surface area contributed by atoms with E-state index in [4.69, 9.17) is 10.1 Å². The zero-order chi connectivity index (χ0) is 29.1. The predicted octanol–water partition coefficient (Wildman–Crippen LogP) is 5.46. The van der Waals surface area contributed by atoms with Crippen LogP contribution in [-0.4, -0.2) is 31.2 Å². The fourth-order valence-corrected chi connectivity index (χ4v) is 4.21. The molecule has 2 N–H and O–H groups in total. The highest BCUT2D eigenvalue weighted by Gasteiger charge is 2.17. The van der Waals surface area contributed by atoms with Gasteiger partial charge in [0.2, 0.25) is 0 Å². The molecule has 3 heterocycles. The third-order valence-corrected chi connectivity index (χ3v) is 6.24. The Morgan fingerprint density at radius 1 is 1.05 bits per heavy atom. The molecular weight excluding hydrogens is 530 g/mol. The number of imidazole rings is 1. The largest absolute Gasteiger partial charge is 0.452 e. The lowest BCUT2D eigenvalue weighted by molar-refractivity contribution is 0.102.